The van der Waals surface area contributed by atoms with Crippen molar-refractivity contribution in [2.75, 3.05) is 19.6 Å². The summed E-state index contributed by atoms with van der Waals surface area (Å²) in [4.78, 5) is 13.9. The molecule has 4 aliphatic rings. The van der Waals surface area contributed by atoms with Crippen LogP contribution in [0.5, 0.6) is 0 Å². The Hall–Kier alpha value is -0.610. The van der Waals surface area contributed by atoms with E-state index in [1.54, 1.807) is 0 Å². The molecule has 0 aromatic heterocycles. The third-order valence-corrected chi connectivity index (χ3v) is 3.54. The van der Waals surface area contributed by atoms with Crippen LogP contribution in [0.4, 0.5) is 0 Å². The molecule has 2 atom stereocenters. The van der Waals surface area contributed by atoms with Gasteiger partial charge in [-0.25, -0.2) is 0 Å². The number of piperidine rings is 2. The summed E-state index contributed by atoms with van der Waals surface area (Å²) < 4.78 is 5.40. The number of hydrogen-bond acceptors (Lipinski definition) is 3. The van der Waals surface area contributed by atoms with Crippen LogP contribution in [0, 0.1) is 0 Å². The third-order valence-electron chi connectivity index (χ3n) is 3.54. The molecule has 0 aliphatic carbocycles. The van der Waals surface area contributed by atoms with E-state index < -0.39 is 0 Å². The molecule has 4 fully saturated rings. The molecule has 0 radical (unpaired) electrons. The monoisotopic (exact) mass is 196 g/mol. The molecule has 4 nitrogen and oxygen atoms in total. The number of rotatable bonds is 1. The first-order valence-corrected chi connectivity index (χ1v) is 5.51. The number of fused-ring (bicyclic) bond motifs is 2. The number of nitrogens with one attached hydrogen (secondary N) is 1. The maximum Gasteiger partial charge on any atom is 0.252 e. The molecule has 4 saturated heterocycles. The Morgan fingerprint density at radius 2 is 2.07 bits per heavy atom. The van der Waals surface area contributed by atoms with Gasteiger partial charge in [-0.2, -0.15) is 0 Å². The number of carbonyl (C=O) groups excluding carboxylic acids is 1. The Balaban J connectivity index is 1.68. The smallest absolute Gasteiger partial charge is 0.252 e. The van der Waals surface area contributed by atoms with Gasteiger partial charge in [-0.3, -0.25) is 4.79 Å². The maximum absolute atomic E-state index is 11.8. The minimum Gasteiger partial charge on any atom is -0.363 e. The highest BCUT2D eigenvalue weighted by atomic mass is 16.5. The van der Waals surface area contributed by atoms with E-state index >= 15 is 0 Å². The Morgan fingerprint density at radius 1 is 1.36 bits per heavy atom. The van der Waals surface area contributed by atoms with E-state index in [4.69, 9.17) is 4.74 Å². The summed E-state index contributed by atoms with van der Waals surface area (Å²) in [5.41, 5.74) is 0. The van der Waals surface area contributed by atoms with E-state index in [1.807, 2.05) is 0 Å². The first-order chi connectivity index (χ1) is 6.84. The minimum atomic E-state index is -0.0939. The van der Waals surface area contributed by atoms with Crippen molar-refractivity contribution in [3.63, 3.8) is 0 Å². The largest absolute Gasteiger partial charge is 0.363 e. The first kappa shape index (κ1) is 8.68. The van der Waals surface area contributed by atoms with Crippen LogP contribution in [-0.4, -0.2) is 48.7 Å². The van der Waals surface area contributed by atoms with E-state index in [1.165, 1.54) is 0 Å². The van der Waals surface area contributed by atoms with Gasteiger partial charge in [-0.1, -0.05) is 0 Å². The molecule has 4 heteroatoms. The number of amides is 1. The van der Waals surface area contributed by atoms with Crippen molar-refractivity contribution in [3.8, 4) is 0 Å². The zero-order valence-electron chi connectivity index (χ0n) is 8.24. The van der Waals surface area contributed by atoms with E-state index in [2.05, 4.69) is 10.2 Å². The fraction of sp³-hybridized carbons (Fsp3) is 0.900. The SMILES string of the molecule is O=C1C2CC(CN1C1CCNCC1)O2. The predicted octanol–water partition coefficient (Wildman–Crippen LogP) is -0.262. The Morgan fingerprint density at radius 3 is 2.71 bits per heavy atom. The molecule has 1 N–H and O–H groups in total. The molecule has 4 heterocycles. The lowest BCUT2D eigenvalue weighted by atomic mass is 9.94. The van der Waals surface area contributed by atoms with E-state index in [0.717, 1.165) is 38.9 Å². The molecule has 4 rings (SSSR count). The second-order valence-corrected chi connectivity index (χ2v) is 4.45. The van der Waals surface area contributed by atoms with Crippen molar-refractivity contribution in [2.45, 2.75) is 37.5 Å². The lowest BCUT2D eigenvalue weighted by molar-refractivity contribution is -0.202. The molecule has 0 aromatic rings. The molecular weight excluding hydrogens is 180 g/mol. The topological polar surface area (TPSA) is 41.6 Å². The van der Waals surface area contributed by atoms with Gasteiger partial charge in [0.2, 0.25) is 0 Å². The minimum absolute atomic E-state index is 0.0939. The highest BCUT2D eigenvalue weighted by molar-refractivity contribution is 5.83. The fourth-order valence-corrected chi connectivity index (χ4v) is 2.68. The van der Waals surface area contributed by atoms with Crippen molar-refractivity contribution < 1.29 is 9.53 Å². The summed E-state index contributed by atoms with van der Waals surface area (Å²) in [5, 5.41) is 3.32. The summed E-state index contributed by atoms with van der Waals surface area (Å²) in [5.74, 6) is 0.236. The average molecular weight is 196 g/mol. The predicted molar refractivity (Wildman–Crippen MR) is 50.9 cm³/mol. The summed E-state index contributed by atoms with van der Waals surface area (Å²) >= 11 is 0. The molecule has 4 aliphatic heterocycles. The molecule has 1 amide bonds. The van der Waals surface area contributed by atoms with Crippen LogP contribution in [0.1, 0.15) is 19.3 Å². The van der Waals surface area contributed by atoms with Gasteiger partial charge in [0.25, 0.3) is 5.91 Å². The van der Waals surface area contributed by atoms with Crippen molar-refractivity contribution >= 4 is 5.91 Å². The van der Waals surface area contributed by atoms with Crippen LogP contribution in [0.25, 0.3) is 0 Å². The normalized spacial score (nSPS) is 38.3. The maximum atomic E-state index is 11.8. The van der Waals surface area contributed by atoms with Gasteiger partial charge in [0.1, 0.15) is 6.10 Å². The highest BCUT2D eigenvalue weighted by Gasteiger charge is 2.46. The zero-order valence-corrected chi connectivity index (χ0v) is 8.24. The highest BCUT2D eigenvalue weighted by Crippen LogP contribution is 2.31. The van der Waals surface area contributed by atoms with Crippen LogP contribution in [0.3, 0.4) is 0 Å². The van der Waals surface area contributed by atoms with Crippen molar-refractivity contribution in [1.29, 1.82) is 0 Å². The molecule has 78 valence electrons. The number of hydrogen-bond donors (Lipinski definition) is 1. The van der Waals surface area contributed by atoms with Gasteiger partial charge in [0.05, 0.1) is 6.10 Å². The summed E-state index contributed by atoms with van der Waals surface area (Å²) in [6.07, 6.45) is 3.41. The number of morpholine rings is 1. The Labute approximate surface area is 83.6 Å². The second-order valence-electron chi connectivity index (χ2n) is 4.45. The van der Waals surface area contributed by atoms with Crippen LogP contribution >= 0.6 is 0 Å². The molecular formula is C10H16N2O2. The lowest BCUT2D eigenvalue weighted by Gasteiger charge is -2.49. The van der Waals surface area contributed by atoms with Crippen molar-refractivity contribution in [1.82, 2.24) is 10.2 Å². The van der Waals surface area contributed by atoms with Gasteiger partial charge in [-0.15, -0.1) is 0 Å². The third kappa shape index (κ3) is 1.25. The van der Waals surface area contributed by atoms with Crippen molar-refractivity contribution in [3.05, 3.63) is 0 Å². The summed E-state index contributed by atoms with van der Waals surface area (Å²) in [6, 6.07) is 0.470. The van der Waals surface area contributed by atoms with Gasteiger partial charge >= 0.3 is 0 Å². The molecule has 14 heavy (non-hydrogen) atoms. The van der Waals surface area contributed by atoms with Crippen LogP contribution in [0.2, 0.25) is 0 Å². The second kappa shape index (κ2) is 3.21. The number of carbonyl (C=O) groups is 1. The Kier molecular flexibility index (Phi) is 1.99. The average Bonchev–Trinajstić information content (AvgIpc) is 2.17. The van der Waals surface area contributed by atoms with E-state index in [9.17, 15) is 4.79 Å². The van der Waals surface area contributed by atoms with Gasteiger partial charge < -0.3 is 15.0 Å². The fourth-order valence-electron chi connectivity index (χ4n) is 2.68. The Bertz CT molecular complexity index is 245. The standard InChI is InChI=1S/C10H16N2O2/c13-10-9-5-8(14-9)6-12(10)7-1-3-11-4-2-7/h7-9,11H,1-6H2. The van der Waals surface area contributed by atoms with Crippen LogP contribution in [-0.2, 0) is 9.53 Å². The van der Waals surface area contributed by atoms with Gasteiger partial charge in [0.15, 0.2) is 0 Å². The number of nitrogens with zero attached hydrogens (tertiary/aromatic N) is 1. The molecule has 0 saturated carbocycles. The van der Waals surface area contributed by atoms with E-state index in [-0.39, 0.29) is 12.0 Å². The van der Waals surface area contributed by atoms with Crippen LogP contribution < -0.4 is 5.32 Å². The summed E-state index contributed by atoms with van der Waals surface area (Å²) in [7, 11) is 0. The molecule has 2 unspecified atom stereocenters. The van der Waals surface area contributed by atoms with Crippen LogP contribution in [0.15, 0.2) is 0 Å². The van der Waals surface area contributed by atoms with Crippen molar-refractivity contribution in [2.24, 2.45) is 0 Å². The lowest BCUT2D eigenvalue weighted by Crippen LogP contribution is -2.64. The summed E-state index contributed by atoms with van der Waals surface area (Å²) in [6.45, 7) is 2.93. The van der Waals surface area contributed by atoms with Gasteiger partial charge in [-0.05, 0) is 25.9 Å². The first-order valence-electron chi connectivity index (χ1n) is 5.51. The van der Waals surface area contributed by atoms with Gasteiger partial charge in [0, 0.05) is 19.0 Å². The van der Waals surface area contributed by atoms with E-state index in [0.29, 0.717) is 12.1 Å². The zero-order chi connectivity index (χ0) is 9.54. The quantitative estimate of drug-likeness (QED) is 0.628. The number of ether oxygens (including phenoxy) is 1. The molecule has 0 spiro atoms. The molecule has 2 bridgehead atoms. The molecule has 0 aromatic carbocycles.